The summed E-state index contributed by atoms with van der Waals surface area (Å²) in [5.74, 6) is 0.327. The van der Waals surface area contributed by atoms with Crippen molar-refractivity contribution in [1.29, 1.82) is 0 Å². The quantitative estimate of drug-likeness (QED) is 0.319. The molecule has 4 heteroatoms. The maximum absolute atomic E-state index is 6.14. The number of benzene rings is 4. The number of aliphatic imine (C=N–C) groups is 1. The lowest BCUT2D eigenvalue weighted by Gasteiger charge is -2.29. The fraction of sp³-hybridized carbons (Fsp3) is 0.0370. The Hall–Kier alpha value is -3.13. The lowest BCUT2D eigenvalue weighted by Crippen LogP contribution is -2.40. The Morgan fingerprint density at radius 3 is 1.39 bits per heavy atom. The molecule has 5 rings (SSSR count). The minimum Gasteiger partial charge on any atom is -0.425 e. The van der Waals surface area contributed by atoms with E-state index in [1.807, 2.05) is 30.3 Å². The van der Waals surface area contributed by atoms with E-state index < -0.39 is 7.26 Å². The van der Waals surface area contributed by atoms with Crippen LogP contribution in [-0.2, 0) is 4.74 Å². The maximum Gasteiger partial charge on any atom is 0.243 e. The molecule has 0 radical (unpaired) electrons. The first-order chi connectivity index (χ1) is 15.3. The lowest BCUT2D eigenvalue weighted by molar-refractivity contribution is 0.575. The monoisotopic (exact) mass is 438 g/mol. The molecule has 0 saturated carbocycles. The molecule has 0 N–H and O–H groups in total. The molecule has 1 heterocycles. The third-order valence-electron chi connectivity index (χ3n) is 5.53. The van der Waals surface area contributed by atoms with E-state index in [1.54, 1.807) is 0 Å². The minimum absolute atomic E-state index is 0.273. The number of rotatable bonds is 5. The number of hydrogen-bond acceptors (Lipinski definition) is 3. The summed E-state index contributed by atoms with van der Waals surface area (Å²) in [6.07, 6.45) is 0. The van der Waals surface area contributed by atoms with Crippen LogP contribution in [0.5, 0.6) is 0 Å². The van der Waals surface area contributed by atoms with Gasteiger partial charge in [0.05, 0.1) is 0 Å². The number of hydrogen-bond donors (Lipinski definition) is 0. The van der Waals surface area contributed by atoms with Gasteiger partial charge in [-0.15, -0.1) is 0 Å². The zero-order valence-corrected chi connectivity index (χ0v) is 18.5. The molecule has 0 amide bonds. The van der Waals surface area contributed by atoms with E-state index >= 15 is 0 Å². The van der Waals surface area contributed by atoms with Gasteiger partial charge in [0.2, 0.25) is 16.7 Å². The summed E-state index contributed by atoms with van der Waals surface area (Å²) in [5.41, 5.74) is 0.944. The van der Waals surface area contributed by atoms with E-state index in [4.69, 9.17) is 21.9 Å². The second-order valence-electron chi connectivity index (χ2n) is 7.32. The van der Waals surface area contributed by atoms with Crippen LogP contribution in [0.15, 0.2) is 126 Å². The van der Waals surface area contributed by atoms with Gasteiger partial charge >= 0.3 is 0 Å². The van der Waals surface area contributed by atoms with Crippen molar-refractivity contribution in [1.82, 2.24) is 0 Å². The molecule has 1 atom stereocenters. The van der Waals surface area contributed by atoms with Crippen LogP contribution in [0, 0.1) is 0 Å². The van der Waals surface area contributed by atoms with Gasteiger partial charge in [0.1, 0.15) is 23.2 Å². The largest absolute Gasteiger partial charge is 0.425 e. The molecule has 150 valence electrons. The second kappa shape index (κ2) is 8.55. The van der Waals surface area contributed by atoms with Crippen molar-refractivity contribution in [2.75, 3.05) is 0 Å². The normalized spacial score (nSPS) is 15.9. The summed E-state index contributed by atoms with van der Waals surface area (Å²) in [7, 11) is -2.27. The fourth-order valence-corrected chi connectivity index (χ4v) is 9.08. The minimum atomic E-state index is -2.27. The Kier molecular flexibility index (Phi) is 5.46. The Balaban J connectivity index is 1.80. The van der Waals surface area contributed by atoms with Crippen LogP contribution >= 0.6 is 19.5 Å². The summed E-state index contributed by atoms with van der Waals surface area (Å²) in [6.45, 7) is 0. The second-order valence-corrected chi connectivity index (χ2v) is 11.2. The third-order valence-corrected chi connectivity index (χ3v) is 10.4. The first kappa shape index (κ1) is 19.8. The first-order valence-electron chi connectivity index (χ1n) is 10.2. The van der Waals surface area contributed by atoms with Gasteiger partial charge in [0, 0.05) is 5.56 Å². The van der Waals surface area contributed by atoms with E-state index in [2.05, 4.69) is 91.0 Å². The number of ether oxygens (including phenoxy) is 1. The van der Waals surface area contributed by atoms with Gasteiger partial charge in [-0.1, -0.05) is 72.8 Å². The maximum atomic E-state index is 6.14. The Morgan fingerprint density at radius 2 is 0.968 bits per heavy atom. The molecule has 2 nitrogen and oxygen atoms in total. The molecule has 0 fully saturated rings. The van der Waals surface area contributed by atoms with Gasteiger partial charge < -0.3 is 4.74 Å². The first-order valence-corrected chi connectivity index (χ1v) is 12.5. The van der Waals surface area contributed by atoms with E-state index in [-0.39, 0.29) is 5.78 Å². The molecule has 4 aromatic carbocycles. The summed E-state index contributed by atoms with van der Waals surface area (Å²) in [5, 5.41) is 4.24. The van der Waals surface area contributed by atoms with Gasteiger partial charge in [-0.05, 0) is 60.7 Å². The number of nitrogens with zero attached hydrogens (tertiary/aromatic N) is 1. The Morgan fingerprint density at radius 1 is 0.581 bits per heavy atom. The van der Waals surface area contributed by atoms with Gasteiger partial charge in [-0.2, -0.15) is 4.99 Å². The van der Waals surface area contributed by atoms with Crippen LogP contribution in [0.1, 0.15) is 5.56 Å². The van der Waals surface area contributed by atoms with Crippen LogP contribution < -0.4 is 15.9 Å². The molecule has 0 aromatic heterocycles. The molecule has 0 aliphatic carbocycles. The summed E-state index contributed by atoms with van der Waals surface area (Å²) in [4.78, 5) is 5.14. The van der Waals surface area contributed by atoms with Gasteiger partial charge in [-0.3, -0.25) is 0 Å². The highest BCUT2D eigenvalue weighted by Crippen LogP contribution is 2.61. The SMILES string of the molecule is S=C1OC(c2ccccc2)=NC1[P+](c1ccccc1)(c1ccccc1)c1ccccc1. The van der Waals surface area contributed by atoms with E-state index in [0.29, 0.717) is 10.9 Å². The smallest absolute Gasteiger partial charge is 0.243 e. The molecule has 0 saturated heterocycles. The molecule has 4 aromatic rings. The molecule has 1 unspecified atom stereocenters. The van der Waals surface area contributed by atoms with Gasteiger partial charge in [0.15, 0.2) is 0 Å². The van der Waals surface area contributed by atoms with Crippen LogP contribution in [0.25, 0.3) is 0 Å². The van der Waals surface area contributed by atoms with Gasteiger partial charge in [0.25, 0.3) is 0 Å². The summed E-state index contributed by atoms with van der Waals surface area (Å²) in [6, 6.07) is 41.9. The average molecular weight is 439 g/mol. The average Bonchev–Trinajstić information content (AvgIpc) is 3.24. The van der Waals surface area contributed by atoms with Crippen LogP contribution in [0.2, 0.25) is 0 Å². The van der Waals surface area contributed by atoms with E-state index in [9.17, 15) is 0 Å². The highest BCUT2D eigenvalue weighted by atomic mass is 32.1. The fourth-order valence-electron chi connectivity index (χ4n) is 4.16. The van der Waals surface area contributed by atoms with Crippen molar-refractivity contribution in [3.05, 3.63) is 127 Å². The van der Waals surface area contributed by atoms with Crippen LogP contribution in [0.3, 0.4) is 0 Å². The predicted molar refractivity (Wildman–Crippen MR) is 136 cm³/mol. The molecule has 1 aliphatic heterocycles. The predicted octanol–water partition coefficient (Wildman–Crippen LogP) is 5.11. The highest BCUT2D eigenvalue weighted by Gasteiger charge is 2.57. The van der Waals surface area contributed by atoms with Crippen molar-refractivity contribution in [2.24, 2.45) is 4.99 Å². The van der Waals surface area contributed by atoms with Crippen molar-refractivity contribution in [3.8, 4) is 0 Å². The highest BCUT2D eigenvalue weighted by molar-refractivity contribution is 7.98. The molecular formula is C27H21NOPS+. The van der Waals surface area contributed by atoms with Crippen molar-refractivity contribution in [2.45, 2.75) is 5.78 Å². The molecule has 0 bridgehead atoms. The van der Waals surface area contributed by atoms with Crippen LogP contribution in [-0.4, -0.2) is 16.7 Å². The lowest BCUT2D eigenvalue weighted by atomic mass is 10.2. The van der Waals surface area contributed by atoms with Crippen molar-refractivity contribution in [3.63, 3.8) is 0 Å². The zero-order chi connectivity index (χ0) is 21.1. The van der Waals surface area contributed by atoms with Crippen molar-refractivity contribution >= 4 is 46.3 Å². The van der Waals surface area contributed by atoms with Crippen LogP contribution in [0.4, 0.5) is 0 Å². The van der Waals surface area contributed by atoms with Gasteiger partial charge in [-0.25, -0.2) is 0 Å². The third kappa shape index (κ3) is 3.50. The molecular weight excluding hydrogens is 417 g/mol. The van der Waals surface area contributed by atoms with E-state index in [1.165, 1.54) is 15.9 Å². The molecule has 31 heavy (non-hydrogen) atoms. The topological polar surface area (TPSA) is 21.6 Å². The van der Waals surface area contributed by atoms with Crippen molar-refractivity contribution < 1.29 is 4.74 Å². The standard InChI is InChI=1S/C27H21NOPS/c31-27-26(28-25(29-27)21-13-5-1-6-14-21)30(22-15-7-2-8-16-22,23-17-9-3-10-18-23)24-19-11-4-12-20-24/h1-20,26H/q+1. The Labute approximate surface area is 188 Å². The Bertz CT molecular complexity index is 1110. The number of thiocarbonyl (C=S) groups is 1. The molecule has 1 aliphatic rings. The van der Waals surface area contributed by atoms with E-state index in [0.717, 1.165) is 5.56 Å². The zero-order valence-electron chi connectivity index (χ0n) is 16.8. The summed E-state index contributed by atoms with van der Waals surface area (Å²) >= 11 is 5.86. The molecule has 0 spiro atoms. The summed E-state index contributed by atoms with van der Waals surface area (Å²) < 4.78 is 6.14.